The average Bonchev–Trinajstić information content (AvgIpc) is 3.35. The van der Waals surface area contributed by atoms with E-state index in [0.29, 0.717) is 34.1 Å². The highest BCUT2D eigenvalue weighted by Crippen LogP contribution is 2.46. The van der Waals surface area contributed by atoms with Crippen LogP contribution in [0, 0.1) is 11.6 Å². The van der Waals surface area contributed by atoms with Crippen LogP contribution in [0.15, 0.2) is 67.1 Å². The molecule has 0 radical (unpaired) electrons. The lowest BCUT2D eigenvalue weighted by atomic mass is 9.84. The van der Waals surface area contributed by atoms with Crippen molar-refractivity contribution in [2.24, 2.45) is 0 Å². The van der Waals surface area contributed by atoms with Crippen LogP contribution in [-0.2, 0) is 18.1 Å². The Labute approximate surface area is 204 Å². The Morgan fingerprint density at radius 3 is 2.16 bits per heavy atom. The lowest BCUT2D eigenvalue weighted by molar-refractivity contribution is -0.209. The fourth-order valence-electron chi connectivity index (χ4n) is 3.52. The summed E-state index contributed by atoms with van der Waals surface area (Å²) in [5.41, 5.74) is -4.44. The van der Waals surface area contributed by atoms with Crippen molar-refractivity contribution in [1.29, 1.82) is 0 Å². The zero-order valence-corrected chi connectivity index (χ0v) is 18.5. The van der Waals surface area contributed by atoms with E-state index in [9.17, 15) is 27.1 Å². The van der Waals surface area contributed by atoms with Gasteiger partial charge >= 0.3 is 12.1 Å². The number of aromatic nitrogens is 5. The van der Waals surface area contributed by atoms with Gasteiger partial charge in [-0.05, 0) is 41.1 Å². The summed E-state index contributed by atoms with van der Waals surface area (Å²) in [4.78, 5) is 4.35. The van der Waals surface area contributed by atoms with Crippen molar-refractivity contribution < 1.29 is 40.6 Å². The largest absolute Gasteiger partial charge is 0.484 e. The van der Waals surface area contributed by atoms with E-state index in [1.54, 1.807) is 0 Å². The van der Waals surface area contributed by atoms with Gasteiger partial charge in [0.2, 0.25) is 0 Å². The third-order valence-corrected chi connectivity index (χ3v) is 5.33. The Morgan fingerprint density at radius 2 is 1.59 bits per heavy atom. The maximum atomic E-state index is 15.8. The number of rotatable bonds is 8. The smallest absolute Gasteiger partial charge is 0.422 e. The van der Waals surface area contributed by atoms with Crippen molar-refractivity contribution >= 4 is 0 Å². The number of ether oxygens (including phenoxy) is 1. The lowest BCUT2D eigenvalue weighted by Crippen LogP contribution is -2.48. The van der Waals surface area contributed by atoms with Gasteiger partial charge in [-0.2, -0.15) is 26.7 Å². The molecule has 4 rings (SSSR count). The zero-order valence-electron chi connectivity index (χ0n) is 18.5. The third-order valence-electron chi connectivity index (χ3n) is 5.33. The Kier molecular flexibility index (Phi) is 6.86. The monoisotopic (exact) mass is 527 g/mol. The van der Waals surface area contributed by atoms with Crippen molar-refractivity contribution in [3.63, 3.8) is 0 Å². The minimum atomic E-state index is -4.51. The number of hydrogen-bond acceptors (Lipinski definition) is 6. The summed E-state index contributed by atoms with van der Waals surface area (Å²) in [6, 6.07) is 9.22. The molecule has 0 aliphatic heterocycles. The van der Waals surface area contributed by atoms with Crippen LogP contribution in [0.2, 0.25) is 0 Å². The van der Waals surface area contributed by atoms with E-state index in [4.69, 9.17) is 0 Å². The Hall–Kier alpha value is -4.07. The molecule has 0 bridgehead atoms. The molecule has 0 unspecified atom stereocenters. The number of alkyl halides is 5. The van der Waals surface area contributed by atoms with Gasteiger partial charge in [0.05, 0.1) is 0 Å². The van der Waals surface area contributed by atoms with Crippen LogP contribution in [0.3, 0.4) is 0 Å². The Balaban J connectivity index is 1.64. The van der Waals surface area contributed by atoms with Crippen LogP contribution < -0.4 is 4.74 Å². The molecule has 0 spiro atoms. The summed E-state index contributed by atoms with van der Waals surface area (Å²) in [7, 11) is 0. The highest BCUT2D eigenvalue weighted by Gasteiger charge is 2.58. The number of benzene rings is 2. The van der Waals surface area contributed by atoms with Gasteiger partial charge in [0, 0.05) is 23.4 Å². The van der Waals surface area contributed by atoms with Crippen LogP contribution in [0.4, 0.5) is 30.7 Å². The molecule has 0 aliphatic rings. The van der Waals surface area contributed by atoms with Crippen LogP contribution >= 0.6 is 0 Å². The van der Waals surface area contributed by atoms with E-state index < -0.39 is 53.7 Å². The summed E-state index contributed by atoms with van der Waals surface area (Å²) < 4.78 is 101. The maximum Gasteiger partial charge on any atom is 0.422 e. The van der Waals surface area contributed by atoms with Crippen LogP contribution in [0.25, 0.3) is 11.1 Å². The molecule has 1 N–H and O–H groups in total. The van der Waals surface area contributed by atoms with Gasteiger partial charge in [0.25, 0.3) is 0 Å². The molecule has 14 heteroatoms. The van der Waals surface area contributed by atoms with Gasteiger partial charge in [-0.25, -0.2) is 8.78 Å². The van der Waals surface area contributed by atoms with Crippen LogP contribution in [-0.4, -0.2) is 43.1 Å². The summed E-state index contributed by atoms with van der Waals surface area (Å²) in [6.45, 7) is -2.52. The van der Waals surface area contributed by atoms with Gasteiger partial charge in [-0.1, -0.05) is 18.2 Å². The van der Waals surface area contributed by atoms with E-state index in [-0.39, 0.29) is 5.75 Å². The summed E-state index contributed by atoms with van der Waals surface area (Å²) >= 11 is 0. The highest BCUT2D eigenvalue weighted by molar-refractivity contribution is 5.63. The van der Waals surface area contributed by atoms with Crippen LogP contribution in [0.1, 0.15) is 11.3 Å². The predicted molar refractivity (Wildman–Crippen MR) is 113 cm³/mol. The molecule has 0 amide bonds. The van der Waals surface area contributed by atoms with Crippen LogP contribution in [0.5, 0.6) is 5.75 Å². The molecule has 194 valence electrons. The number of hydrogen-bond donors (Lipinski definition) is 1. The van der Waals surface area contributed by atoms with E-state index in [2.05, 4.69) is 25.1 Å². The topological polar surface area (TPSA) is 86.0 Å². The second-order valence-electron chi connectivity index (χ2n) is 7.89. The van der Waals surface area contributed by atoms with E-state index >= 15 is 8.78 Å². The molecule has 4 aromatic rings. The minimum absolute atomic E-state index is 0.0507. The highest BCUT2D eigenvalue weighted by atomic mass is 19.4. The van der Waals surface area contributed by atoms with E-state index in [0.717, 1.165) is 18.6 Å². The molecule has 7 nitrogen and oxygen atoms in total. The molecule has 2 aromatic heterocycles. The number of halogens is 7. The molecule has 1 atom stereocenters. The fourth-order valence-corrected chi connectivity index (χ4v) is 3.52. The van der Waals surface area contributed by atoms with Gasteiger partial charge in [0.1, 0.15) is 29.6 Å². The third kappa shape index (κ3) is 5.53. The van der Waals surface area contributed by atoms with Crippen molar-refractivity contribution in [1.82, 2.24) is 25.2 Å². The second-order valence-corrected chi connectivity index (χ2v) is 7.89. The normalized spacial score (nSPS) is 13.8. The maximum absolute atomic E-state index is 15.8. The molecule has 0 fully saturated rings. The van der Waals surface area contributed by atoms with Gasteiger partial charge in [-0.3, -0.25) is 4.98 Å². The summed E-state index contributed by atoms with van der Waals surface area (Å²) in [6.07, 6.45) is -2.54. The number of tetrazole rings is 1. The number of pyridine rings is 1. The van der Waals surface area contributed by atoms with Crippen molar-refractivity contribution in [3.8, 4) is 16.9 Å². The first kappa shape index (κ1) is 26.0. The summed E-state index contributed by atoms with van der Waals surface area (Å²) in [5, 5.41) is 21.6. The molecule has 0 aliphatic carbocycles. The van der Waals surface area contributed by atoms with Gasteiger partial charge in [0.15, 0.2) is 18.5 Å². The first-order chi connectivity index (χ1) is 17.4. The number of nitrogens with zero attached hydrogens (tertiary/aromatic N) is 5. The molecular formula is C23H16F7N5O2. The average molecular weight is 527 g/mol. The second kappa shape index (κ2) is 9.76. The van der Waals surface area contributed by atoms with Crippen molar-refractivity contribution in [2.45, 2.75) is 24.2 Å². The lowest BCUT2D eigenvalue weighted by Gasteiger charge is -2.35. The Bertz CT molecular complexity index is 1350. The summed E-state index contributed by atoms with van der Waals surface area (Å²) in [5.74, 6) is -6.76. The molecular weight excluding hydrogens is 511 g/mol. The minimum Gasteiger partial charge on any atom is -0.484 e. The standard InChI is InChI=1S/C23H16F7N5O2/c24-16-4-7-18(19(25)9-16)21(36,11-35-33-13-32-34-35)23(29,30)20-8-3-15(10-31-20)14-1-5-17(6-2-14)37-12-22(26,27)28/h1-10,13,36H,11-12H2/t21-/m1/s1. The predicted octanol–water partition coefficient (Wildman–Crippen LogP) is 4.63. The first-order valence-corrected chi connectivity index (χ1v) is 10.4. The first-order valence-electron chi connectivity index (χ1n) is 10.4. The molecule has 0 saturated heterocycles. The van der Waals surface area contributed by atoms with Gasteiger partial charge in [-0.15, -0.1) is 10.2 Å². The molecule has 37 heavy (non-hydrogen) atoms. The van der Waals surface area contributed by atoms with Crippen molar-refractivity contribution in [2.75, 3.05) is 6.61 Å². The zero-order chi connectivity index (χ0) is 26.8. The van der Waals surface area contributed by atoms with E-state index in [1.807, 2.05) is 0 Å². The van der Waals surface area contributed by atoms with Gasteiger partial charge < -0.3 is 9.84 Å². The quantitative estimate of drug-likeness (QED) is 0.337. The van der Waals surface area contributed by atoms with E-state index in [1.165, 1.54) is 30.3 Å². The van der Waals surface area contributed by atoms with Crippen molar-refractivity contribution in [3.05, 3.63) is 90.0 Å². The Morgan fingerprint density at radius 1 is 0.892 bits per heavy atom. The molecule has 2 heterocycles. The fraction of sp³-hybridized carbons (Fsp3) is 0.217. The SMILES string of the molecule is O[C@](Cn1ncnn1)(c1ccc(F)cc1F)C(F)(F)c1ccc(-c2ccc(OCC(F)(F)F)cc2)cn1. The molecule has 0 saturated carbocycles. The number of aliphatic hydroxyl groups is 1. The molecule has 2 aromatic carbocycles.